The Kier molecular flexibility index (Phi) is 4.80. The van der Waals surface area contributed by atoms with E-state index in [4.69, 9.17) is 4.74 Å². The molecule has 0 amide bonds. The van der Waals surface area contributed by atoms with E-state index in [2.05, 4.69) is 21.2 Å². The van der Waals surface area contributed by atoms with Crippen LogP contribution in [-0.2, 0) is 9.53 Å². The van der Waals surface area contributed by atoms with E-state index < -0.39 is 0 Å². The van der Waals surface area contributed by atoms with Gasteiger partial charge in [0.15, 0.2) is 0 Å². The number of halogens is 1. The van der Waals surface area contributed by atoms with Crippen LogP contribution in [0.15, 0.2) is 22.7 Å². The van der Waals surface area contributed by atoms with Gasteiger partial charge in [0.1, 0.15) is 6.04 Å². The Labute approximate surface area is 104 Å². The van der Waals surface area contributed by atoms with Crippen molar-refractivity contribution in [3.63, 3.8) is 0 Å². The molecule has 1 unspecified atom stereocenters. The summed E-state index contributed by atoms with van der Waals surface area (Å²) in [7, 11) is 1.40. The van der Waals surface area contributed by atoms with E-state index in [0.29, 0.717) is 6.42 Å². The number of carbonyl (C=O) groups excluding carboxylic acids is 1. The first-order chi connectivity index (χ1) is 7.58. The normalized spacial score (nSPS) is 12.0. The molecule has 0 bridgehead atoms. The van der Waals surface area contributed by atoms with Gasteiger partial charge in [0.05, 0.1) is 7.11 Å². The number of methoxy groups -OCH3 is 1. The van der Waals surface area contributed by atoms with Crippen molar-refractivity contribution >= 4 is 27.6 Å². The first kappa shape index (κ1) is 13.0. The zero-order valence-corrected chi connectivity index (χ0v) is 11.3. The SMILES string of the molecule is CCC(Nc1ccc(Br)c(C)c1)C(=O)OC. The topological polar surface area (TPSA) is 38.3 Å². The Morgan fingerprint density at radius 2 is 2.25 bits per heavy atom. The monoisotopic (exact) mass is 285 g/mol. The number of aryl methyl sites for hydroxylation is 1. The lowest BCUT2D eigenvalue weighted by Crippen LogP contribution is -2.29. The van der Waals surface area contributed by atoms with E-state index in [0.717, 1.165) is 15.7 Å². The first-order valence-corrected chi connectivity index (χ1v) is 5.98. The number of nitrogens with one attached hydrogen (secondary N) is 1. The van der Waals surface area contributed by atoms with Gasteiger partial charge in [-0.1, -0.05) is 22.9 Å². The van der Waals surface area contributed by atoms with Gasteiger partial charge in [-0.3, -0.25) is 0 Å². The fraction of sp³-hybridized carbons (Fsp3) is 0.417. The van der Waals surface area contributed by atoms with E-state index in [1.807, 2.05) is 32.0 Å². The summed E-state index contributed by atoms with van der Waals surface area (Å²) in [4.78, 5) is 11.4. The number of anilines is 1. The third-order valence-electron chi connectivity index (χ3n) is 2.39. The van der Waals surface area contributed by atoms with Crippen LogP contribution in [0.25, 0.3) is 0 Å². The predicted octanol–water partition coefficient (Wildman–Crippen LogP) is 3.12. The summed E-state index contributed by atoms with van der Waals surface area (Å²) in [6.07, 6.45) is 0.696. The van der Waals surface area contributed by atoms with Crippen molar-refractivity contribution in [2.75, 3.05) is 12.4 Å². The van der Waals surface area contributed by atoms with Gasteiger partial charge < -0.3 is 10.1 Å². The van der Waals surface area contributed by atoms with Crippen molar-refractivity contribution in [3.8, 4) is 0 Å². The first-order valence-electron chi connectivity index (χ1n) is 5.19. The fourth-order valence-electron chi connectivity index (χ4n) is 1.41. The van der Waals surface area contributed by atoms with Crippen molar-refractivity contribution < 1.29 is 9.53 Å². The van der Waals surface area contributed by atoms with Gasteiger partial charge in [-0.15, -0.1) is 0 Å². The van der Waals surface area contributed by atoms with Gasteiger partial charge >= 0.3 is 5.97 Å². The smallest absolute Gasteiger partial charge is 0.328 e. The molecule has 0 aliphatic carbocycles. The van der Waals surface area contributed by atoms with Gasteiger partial charge in [-0.05, 0) is 37.1 Å². The molecule has 0 heterocycles. The van der Waals surface area contributed by atoms with Crippen molar-refractivity contribution in [1.29, 1.82) is 0 Å². The molecule has 1 rings (SSSR count). The minimum absolute atomic E-state index is 0.233. The molecule has 0 aliphatic heterocycles. The third kappa shape index (κ3) is 3.23. The fourth-order valence-corrected chi connectivity index (χ4v) is 1.65. The van der Waals surface area contributed by atoms with Gasteiger partial charge in [0.25, 0.3) is 0 Å². The van der Waals surface area contributed by atoms with Gasteiger partial charge in [-0.2, -0.15) is 0 Å². The molecule has 0 saturated heterocycles. The molecule has 88 valence electrons. The third-order valence-corrected chi connectivity index (χ3v) is 3.28. The van der Waals surface area contributed by atoms with Crippen LogP contribution < -0.4 is 5.32 Å². The average Bonchev–Trinajstić information content (AvgIpc) is 2.29. The molecule has 0 aliphatic rings. The van der Waals surface area contributed by atoms with Gasteiger partial charge in [-0.25, -0.2) is 4.79 Å². The summed E-state index contributed by atoms with van der Waals surface area (Å²) in [5.41, 5.74) is 2.06. The van der Waals surface area contributed by atoms with Crippen LogP contribution in [0, 0.1) is 6.92 Å². The van der Waals surface area contributed by atoms with E-state index in [-0.39, 0.29) is 12.0 Å². The van der Waals surface area contributed by atoms with Gasteiger partial charge in [0, 0.05) is 10.2 Å². The van der Waals surface area contributed by atoms with Gasteiger partial charge in [0.2, 0.25) is 0 Å². The zero-order valence-electron chi connectivity index (χ0n) is 9.71. The minimum atomic E-state index is -0.287. The zero-order chi connectivity index (χ0) is 12.1. The average molecular weight is 286 g/mol. The second kappa shape index (κ2) is 5.89. The number of hydrogen-bond acceptors (Lipinski definition) is 3. The standard InChI is InChI=1S/C12H16BrNO2/c1-4-11(12(15)16-3)14-9-5-6-10(13)8(2)7-9/h5-7,11,14H,4H2,1-3H3. The van der Waals surface area contributed by atoms with E-state index >= 15 is 0 Å². The Morgan fingerprint density at radius 3 is 2.75 bits per heavy atom. The molecule has 16 heavy (non-hydrogen) atoms. The molecule has 0 saturated carbocycles. The van der Waals surface area contributed by atoms with Crippen molar-refractivity contribution in [1.82, 2.24) is 0 Å². The van der Waals surface area contributed by atoms with Crippen molar-refractivity contribution in [2.45, 2.75) is 26.3 Å². The lowest BCUT2D eigenvalue weighted by atomic mass is 10.2. The molecule has 0 aromatic heterocycles. The highest BCUT2D eigenvalue weighted by Crippen LogP contribution is 2.20. The highest BCUT2D eigenvalue weighted by molar-refractivity contribution is 9.10. The van der Waals surface area contributed by atoms with E-state index in [1.54, 1.807) is 0 Å². The maximum atomic E-state index is 11.4. The van der Waals surface area contributed by atoms with Crippen LogP contribution in [0.5, 0.6) is 0 Å². The van der Waals surface area contributed by atoms with Crippen LogP contribution in [0.4, 0.5) is 5.69 Å². The number of rotatable bonds is 4. The van der Waals surface area contributed by atoms with Crippen LogP contribution in [0.2, 0.25) is 0 Å². The predicted molar refractivity (Wildman–Crippen MR) is 68.6 cm³/mol. The lowest BCUT2D eigenvalue weighted by Gasteiger charge is -2.16. The Hall–Kier alpha value is -1.03. The second-order valence-electron chi connectivity index (χ2n) is 3.59. The van der Waals surface area contributed by atoms with Crippen LogP contribution in [0.3, 0.4) is 0 Å². The molecule has 0 radical (unpaired) electrons. The largest absolute Gasteiger partial charge is 0.467 e. The quantitative estimate of drug-likeness (QED) is 0.864. The Morgan fingerprint density at radius 1 is 1.56 bits per heavy atom. The maximum Gasteiger partial charge on any atom is 0.328 e. The molecule has 1 N–H and O–H groups in total. The molecule has 1 aromatic carbocycles. The molecule has 4 heteroatoms. The molecule has 1 aromatic rings. The summed E-state index contributed by atoms with van der Waals surface area (Å²) in [6.45, 7) is 3.95. The highest BCUT2D eigenvalue weighted by atomic mass is 79.9. The lowest BCUT2D eigenvalue weighted by molar-refractivity contribution is -0.141. The van der Waals surface area contributed by atoms with E-state index in [9.17, 15) is 4.79 Å². The molecule has 0 fully saturated rings. The molecule has 1 atom stereocenters. The van der Waals surface area contributed by atoms with Crippen LogP contribution in [-0.4, -0.2) is 19.1 Å². The summed E-state index contributed by atoms with van der Waals surface area (Å²) < 4.78 is 5.78. The number of hydrogen-bond donors (Lipinski definition) is 1. The molecular weight excluding hydrogens is 270 g/mol. The molecule has 3 nitrogen and oxygen atoms in total. The molecule has 0 spiro atoms. The Balaban J connectivity index is 2.78. The summed E-state index contributed by atoms with van der Waals surface area (Å²) in [6, 6.07) is 5.60. The minimum Gasteiger partial charge on any atom is -0.467 e. The Bertz CT molecular complexity index is 379. The van der Waals surface area contributed by atoms with Crippen LogP contribution in [0.1, 0.15) is 18.9 Å². The molecular formula is C12H16BrNO2. The van der Waals surface area contributed by atoms with E-state index in [1.165, 1.54) is 7.11 Å². The second-order valence-corrected chi connectivity index (χ2v) is 4.45. The number of benzene rings is 1. The number of esters is 1. The van der Waals surface area contributed by atoms with Crippen molar-refractivity contribution in [2.24, 2.45) is 0 Å². The van der Waals surface area contributed by atoms with Crippen LogP contribution >= 0.6 is 15.9 Å². The van der Waals surface area contributed by atoms with Crippen molar-refractivity contribution in [3.05, 3.63) is 28.2 Å². The summed E-state index contributed by atoms with van der Waals surface area (Å²) in [5, 5.41) is 3.15. The maximum absolute atomic E-state index is 11.4. The number of ether oxygens (including phenoxy) is 1. The summed E-state index contributed by atoms with van der Waals surface area (Å²) in [5.74, 6) is -0.233. The highest BCUT2D eigenvalue weighted by Gasteiger charge is 2.16. The number of carbonyl (C=O) groups is 1. The summed E-state index contributed by atoms with van der Waals surface area (Å²) >= 11 is 3.44.